The van der Waals surface area contributed by atoms with Crippen LogP contribution in [0.5, 0.6) is 0 Å². The van der Waals surface area contributed by atoms with Crippen LogP contribution in [0.4, 0.5) is 14.5 Å². The number of thiocarbonyl (C=S) groups is 1. The van der Waals surface area contributed by atoms with Crippen LogP contribution in [0, 0.1) is 11.6 Å². The molecule has 0 aromatic heterocycles. The lowest BCUT2D eigenvalue weighted by Crippen LogP contribution is -2.47. The van der Waals surface area contributed by atoms with E-state index in [1.165, 1.54) is 25.0 Å². The van der Waals surface area contributed by atoms with Gasteiger partial charge in [0.05, 0.1) is 0 Å². The zero-order chi connectivity index (χ0) is 14.3. The van der Waals surface area contributed by atoms with Crippen LogP contribution in [0.3, 0.4) is 0 Å². The van der Waals surface area contributed by atoms with Gasteiger partial charge in [-0.25, -0.2) is 8.78 Å². The average Bonchev–Trinajstić information content (AvgIpc) is 3.23. The van der Waals surface area contributed by atoms with Crippen LogP contribution in [-0.2, 0) is 0 Å². The van der Waals surface area contributed by atoms with Gasteiger partial charge in [0.25, 0.3) is 0 Å². The molecule has 0 bridgehead atoms. The standard InChI is InChI=1S/C14H17F2N3S/c15-11-7-9(14(17)20)8-12(16)13(11)19-5-3-18(4-6-19)10-1-2-10/h7-8,10H,1-6H2,(H2,17,20). The second-order valence-electron chi connectivity index (χ2n) is 5.41. The van der Waals surface area contributed by atoms with Crippen molar-refractivity contribution < 1.29 is 8.78 Å². The number of halogens is 2. The summed E-state index contributed by atoms with van der Waals surface area (Å²) < 4.78 is 28.2. The topological polar surface area (TPSA) is 32.5 Å². The minimum atomic E-state index is -0.590. The van der Waals surface area contributed by atoms with Gasteiger partial charge >= 0.3 is 0 Å². The van der Waals surface area contributed by atoms with Crippen molar-refractivity contribution in [3.63, 3.8) is 0 Å². The Labute approximate surface area is 122 Å². The van der Waals surface area contributed by atoms with Crippen LogP contribution < -0.4 is 10.6 Å². The first-order valence-corrected chi connectivity index (χ1v) is 7.25. The smallest absolute Gasteiger partial charge is 0.150 e. The third-order valence-electron chi connectivity index (χ3n) is 4.00. The summed E-state index contributed by atoms with van der Waals surface area (Å²) in [4.78, 5) is 4.18. The Kier molecular flexibility index (Phi) is 3.60. The molecule has 3 rings (SSSR count). The van der Waals surface area contributed by atoms with Gasteiger partial charge in [-0.2, -0.15) is 0 Å². The zero-order valence-corrected chi connectivity index (χ0v) is 11.9. The lowest BCUT2D eigenvalue weighted by molar-refractivity contribution is 0.247. The quantitative estimate of drug-likeness (QED) is 0.864. The molecule has 1 aliphatic carbocycles. The third-order valence-corrected chi connectivity index (χ3v) is 4.23. The fourth-order valence-corrected chi connectivity index (χ4v) is 2.88. The average molecular weight is 297 g/mol. The van der Waals surface area contributed by atoms with Gasteiger partial charge in [-0.15, -0.1) is 0 Å². The summed E-state index contributed by atoms with van der Waals surface area (Å²) in [6.07, 6.45) is 2.51. The molecule has 20 heavy (non-hydrogen) atoms. The predicted octanol–water partition coefficient (Wildman–Crippen LogP) is 1.88. The lowest BCUT2D eigenvalue weighted by Gasteiger charge is -2.36. The van der Waals surface area contributed by atoms with Gasteiger partial charge in [-0.1, -0.05) is 12.2 Å². The maximum Gasteiger partial charge on any atom is 0.150 e. The number of hydrogen-bond donors (Lipinski definition) is 1. The molecular weight excluding hydrogens is 280 g/mol. The molecule has 0 spiro atoms. The van der Waals surface area contributed by atoms with Crippen molar-refractivity contribution >= 4 is 22.9 Å². The zero-order valence-electron chi connectivity index (χ0n) is 11.1. The number of nitrogens with zero attached hydrogens (tertiary/aromatic N) is 2. The second kappa shape index (κ2) is 5.26. The predicted molar refractivity (Wildman–Crippen MR) is 79.1 cm³/mol. The molecular formula is C14H17F2N3S. The van der Waals surface area contributed by atoms with Crippen LogP contribution in [0.1, 0.15) is 18.4 Å². The molecule has 2 N–H and O–H groups in total. The first kappa shape index (κ1) is 13.7. The van der Waals surface area contributed by atoms with Crippen molar-refractivity contribution in [2.45, 2.75) is 18.9 Å². The first-order chi connectivity index (χ1) is 9.56. The van der Waals surface area contributed by atoms with E-state index < -0.39 is 11.6 Å². The molecule has 2 aliphatic rings. The molecule has 1 aliphatic heterocycles. The Bertz CT molecular complexity index is 514. The minimum Gasteiger partial charge on any atom is -0.389 e. The monoisotopic (exact) mass is 297 g/mol. The molecule has 2 fully saturated rings. The Morgan fingerprint density at radius 3 is 2.10 bits per heavy atom. The normalized spacial score (nSPS) is 20.2. The van der Waals surface area contributed by atoms with Gasteiger partial charge in [-0.3, -0.25) is 4.90 Å². The molecule has 1 heterocycles. The van der Waals surface area contributed by atoms with Crippen molar-refractivity contribution in [3.05, 3.63) is 29.3 Å². The summed E-state index contributed by atoms with van der Waals surface area (Å²) in [6, 6.07) is 3.13. The first-order valence-electron chi connectivity index (χ1n) is 6.84. The third kappa shape index (κ3) is 2.62. The minimum absolute atomic E-state index is 0.00732. The van der Waals surface area contributed by atoms with Crippen LogP contribution >= 0.6 is 12.2 Å². The van der Waals surface area contributed by atoms with Crippen molar-refractivity contribution in [2.24, 2.45) is 5.73 Å². The Morgan fingerprint density at radius 2 is 1.65 bits per heavy atom. The van der Waals surface area contributed by atoms with Crippen molar-refractivity contribution in [3.8, 4) is 0 Å². The van der Waals surface area contributed by atoms with E-state index in [1.54, 1.807) is 4.90 Å². The van der Waals surface area contributed by atoms with E-state index >= 15 is 0 Å². The summed E-state index contributed by atoms with van der Waals surface area (Å²) in [5.41, 5.74) is 5.69. The van der Waals surface area contributed by atoms with Crippen molar-refractivity contribution in [2.75, 3.05) is 31.1 Å². The van der Waals surface area contributed by atoms with E-state index in [0.717, 1.165) is 13.1 Å². The molecule has 108 valence electrons. The van der Waals surface area contributed by atoms with E-state index in [1.807, 2.05) is 0 Å². The van der Waals surface area contributed by atoms with E-state index in [0.29, 0.717) is 19.1 Å². The number of hydrogen-bond acceptors (Lipinski definition) is 3. The van der Waals surface area contributed by atoms with E-state index in [2.05, 4.69) is 4.90 Å². The lowest BCUT2D eigenvalue weighted by atomic mass is 10.1. The molecule has 3 nitrogen and oxygen atoms in total. The SMILES string of the molecule is NC(=S)c1cc(F)c(N2CCN(C3CC3)CC2)c(F)c1. The van der Waals surface area contributed by atoms with Crippen LogP contribution in [0.25, 0.3) is 0 Å². The molecule has 1 saturated heterocycles. The van der Waals surface area contributed by atoms with Crippen LogP contribution in [0.2, 0.25) is 0 Å². The molecule has 0 atom stereocenters. The Balaban J connectivity index is 1.78. The van der Waals surface area contributed by atoms with Gasteiger partial charge in [0, 0.05) is 37.8 Å². The highest BCUT2D eigenvalue weighted by molar-refractivity contribution is 7.80. The molecule has 0 unspecified atom stereocenters. The highest BCUT2D eigenvalue weighted by Gasteiger charge is 2.32. The van der Waals surface area contributed by atoms with Crippen molar-refractivity contribution in [1.82, 2.24) is 4.90 Å². The highest BCUT2D eigenvalue weighted by Crippen LogP contribution is 2.30. The van der Waals surface area contributed by atoms with E-state index in [9.17, 15) is 8.78 Å². The summed E-state index contributed by atoms with van der Waals surface area (Å²) in [5.74, 6) is -1.18. The molecule has 0 amide bonds. The largest absolute Gasteiger partial charge is 0.389 e. The number of anilines is 1. The van der Waals surface area contributed by atoms with Gasteiger partial charge in [0.2, 0.25) is 0 Å². The summed E-state index contributed by atoms with van der Waals surface area (Å²) >= 11 is 4.76. The van der Waals surface area contributed by atoms with Crippen LogP contribution in [-0.4, -0.2) is 42.1 Å². The van der Waals surface area contributed by atoms with Gasteiger partial charge < -0.3 is 10.6 Å². The molecule has 6 heteroatoms. The summed E-state index contributed by atoms with van der Waals surface area (Å²) in [7, 11) is 0. The fourth-order valence-electron chi connectivity index (χ4n) is 2.76. The van der Waals surface area contributed by atoms with Crippen LogP contribution in [0.15, 0.2) is 12.1 Å². The van der Waals surface area contributed by atoms with Crippen molar-refractivity contribution in [1.29, 1.82) is 0 Å². The second-order valence-corrected chi connectivity index (χ2v) is 5.85. The maximum absolute atomic E-state index is 14.1. The summed E-state index contributed by atoms with van der Waals surface area (Å²) in [6.45, 7) is 3.02. The highest BCUT2D eigenvalue weighted by atomic mass is 32.1. The fraction of sp³-hybridized carbons (Fsp3) is 0.500. The Morgan fingerprint density at radius 1 is 1.10 bits per heavy atom. The molecule has 1 saturated carbocycles. The summed E-state index contributed by atoms with van der Waals surface area (Å²) in [5, 5.41) is 0. The maximum atomic E-state index is 14.1. The number of rotatable bonds is 3. The van der Waals surface area contributed by atoms with Gasteiger partial charge in [0.15, 0.2) is 0 Å². The number of benzene rings is 1. The van der Waals surface area contributed by atoms with E-state index in [-0.39, 0.29) is 16.2 Å². The van der Waals surface area contributed by atoms with Gasteiger partial charge in [-0.05, 0) is 25.0 Å². The van der Waals surface area contributed by atoms with Gasteiger partial charge in [0.1, 0.15) is 22.3 Å². The Hall–Kier alpha value is -1.27. The number of piperazine rings is 1. The molecule has 1 aromatic carbocycles. The number of nitrogens with two attached hydrogens (primary N) is 1. The molecule has 1 aromatic rings. The van der Waals surface area contributed by atoms with E-state index in [4.69, 9.17) is 18.0 Å². The molecule has 0 radical (unpaired) electrons.